The number of likely N-dealkylation sites (tertiary alicyclic amines) is 1. The topological polar surface area (TPSA) is 73.6 Å². The van der Waals surface area contributed by atoms with Crippen molar-refractivity contribution in [3.05, 3.63) is 64.2 Å². The molecule has 3 rings (SSSR count). The number of nitrogens with one attached hydrogen (secondary N) is 1. The number of nitrogens with zero attached hydrogens (tertiary/aromatic N) is 1. The molecular formula is C31H42N2O3. The molecule has 5 nitrogen and oxygen atoms in total. The van der Waals surface area contributed by atoms with Crippen molar-refractivity contribution in [2.45, 2.75) is 72.1 Å². The second-order valence-electron chi connectivity index (χ2n) is 11.9. The molecule has 2 N–H and O–H groups in total. The second kappa shape index (κ2) is 10.5. The molecule has 0 radical (unpaired) electrons. The van der Waals surface area contributed by atoms with Crippen molar-refractivity contribution in [2.75, 3.05) is 20.2 Å². The zero-order valence-corrected chi connectivity index (χ0v) is 23.2. The maximum Gasteiger partial charge on any atom is 0.182 e. The van der Waals surface area contributed by atoms with Crippen LogP contribution in [0.15, 0.2) is 42.0 Å². The fourth-order valence-corrected chi connectivity index (χ4v) is 4.91. The Kier molecular flexibility index (Phi) is 8.02. The van der Waals surface area contributed by atoms with Crippen LogP contribution in [0.2, 0.25) is 0 Å². The van der Waals surface area contributed by atoms with Crippen molar-refractivity contribution in [3.63, 3.8) is 0 Å². The molecule has 1 aliphatic rings. The molecule has 5 heteroatoms. The SMILES string of the molecule is CCCC1CN(CC(=O)c2cc(C(C)(C)C)c(O)c(C(C)(C)C)c2)C(=N)C1=Cc1ccccc1OC. The minimum absolute atomic E-state index is 0.0375. The van der Waals surface area contributed by atoms with E-state index in [2.05, 4.69) is 6.92 Å². The Balaban J connectivity index is 1.96. The molecule has 0 aliphatic carbocycles. The van der Waals surface area contributed by atoms with Crippen LogP contribution in [-0.4, -0.2) is 41.8 Å². The molecule has 0 amide bonds. The molecular weight excluding hydrogens is 448 g/mol. The number of phenolic OH excluding ortho intramolecular Hbond substituents is 1. The van der Waals surface area contributed by atoms with Gasteiger partial charge in [0, 0.05) is 34.7 Å². The van der Waals surface area contributed by atoms with Gasteiger partial charge in [-0.3, -0.25) is 10.2 Å². The van der Waals surface area contributed by atoms with Gasteiger partial charge in [-0.2, -0.15) is 0 Å². The first-order valence-electron chi connectivity index (χ1n) is 12.9. The van der Waals surface area contributed by atoms with E-state index in [9.17, 15) is 9.90 Å². The minimum Gasteiger partial charge on any atom is -0.507 e. The van der Waals surface area contributed by atoms with Gasteiger partial charge in [-0.1, -0.05) is 73.1 Å². The molecule has 1 fully saturated rings. The number of amidine groups is 1. The van der Waals surface area contributed by atoms with Gasteiger partial charge in [0.2, 0.25) is 0 Å². The van der Waals surface area contributed by atoms with Crippen molar-refractivity contribution in [2.24, 2.45) is 5.92 Å². The summed E-state index contributed by atoms with van der Waals surface area (Å²) in [6.45, 7) is 15.2. The summed E-state index contributed by atoms with van der Waals surface area (Å²) in [6.07, 6.45) is 4.00. The quantitative estimate of drug-likeness (QED) is 0.411. The van der Waals surface area contributed by atoms with E-state index in [4.69, 9.17) is 10.1 Å². The van der Waals surface area contributed by atoms with Crippen molar-refractivity contribution < 1.29 is 14.6 Å². The van der Waals surface area contributed by atoms with Gasteiger partial charge in [-0.15, -0.1) is 0 Å². The number of ketones is 1. The zero-order chi connectivity index (χ0) is 26.8. The summed E-state index contributed by atoms with van der Waals surface area (Å²) >= 11 is 0. The first-order chi connectivity index (χ1) is 16.8. The first kappa shape index (κ1) is 27.5. The average Bonchev–Trinajstić information content (AvgIpc) is 3.07. The molecule has 1 unspecified atom stereocenters. The predicted octanol–water partition coefficient (Wildman–Crippen LogP) is 6.97. The maximum absolute atomic E-state index is 13.6. The third kappa shape index (κ3) is 5.83. The summed E-state index contributed by atoms with van der Waals surface area (Å²) in [5.74, 6) is 1.60. The second-order valence-corrected chi connectivity index (χ2v) is 11.9. The summed E-state index contributed by atoms with van der Waals surface area (Å²) in [4.78, 5) is 15.5. The van der Waals surface area contributed by atoms with E-state index in [1.165, 1.54) is 0 Å². The lowest BCUT2D eigenvalue weighted by atomic mass is 9.78. The van der Waals surface area contributed by atoms with E-state index in [1.807, 2.05) is 88.9 Å². The molecule has 1 saturated heterocycles. The van der Waals surface area contributed by atoms with E-state index in [0.29, 0.717) is 17.9 Å². The highest BCUT2D eigenvalue weighted by atomic mass is 16.5. The molecule has 36 heavy (non-hydrogen) atoms. The number of carbonyl (C=O) groups is 1. The van der Waals surface area contributed by atoms with Crippen molar-refractivity contribution in [1.29, 1.82) is 5.41 Å². The summed E-state index contributed by atoms with van der Waals surface area (Å²) in [6, 6.07) is 11.5. The van der Waals surface area contributed by atoms with E-state index >= 15 is 0 Å². The monoisotopic (exact) mass is 490 g/mol. The standard InChI is InChI=1S/C31H42N2O3/c1-9-12-21-18-33(29(32)23(21)15-20-13-10-11-14-27(20)36-8)19-26(34)22-16-24(30(2,3)4)28(35)25(17-22)31(5,6)7/h10-11,13-17,21,32,35H,9,12,18-19H2,1-8H3. The number of phenols is 1. The number of rotatable bonds is 7. The first-order valence-corrected chi connectivity index (χ1v) is 12.9. The Bertz CT molecular complexity index is 1130. The highest BCUT2D eigenvalue weighted by Crippen LogP contribution is 2.40. The van der Waals surface area contributed by atoms with Gasteiger partial charge in [0.25, 0.3) is 0 Å². The molecule has 2 aromatic carbocycles. The van der Waals surface area contributed by atoms with Gasteiger partial charge >= 0.3 is 0 Å². The summed E-state index contributed by atoms with van der Waals surface area (Å²) in [5, 5.41) is 20.0. The molecule has 1 aliphatic heterocycles. The number of benzene rings is 2. The summed E-state index contributed by atoms with van der Waals surface area (Å²) in [7, 11) is 1.65. The van der Waals surface area contributed by atoms with Crippen LogP contribution < -0.4 is 4.74 Å². The molecule has 2 aromatic rings. The molecule has 0 spiro atoms. The third-order valence-corrected chi connectivity index (χ3v) is 6.94. The number of aromatic hydroxyl groups is 1. The van der Waals surface area contributed by atoms with Gasteiger partial charge in [-0.05, 0) is 47.1 Å². The highest BCUT2D eigenvalue weighted by Gasteiger charge is 2.34. The zero-order valence-electron chi connectivity index (χ0n) is 23.2. The largest absolute Gasteiger partial charge is 0.507 e. The predicted molar refractivity (Wildman–Crippen MR) is 149 cm³/mol. The Hall–Kier alpha value is -3.08. The van der Waals surface area contributed by atoms with Crippen molar-refractivity contribution >= 4 is 17.7 Å². The Morgan fingerprint density at radius 3 is 2.22 bits per heavy atom. The molecule has 0 bridgehead atoms. The van der Waals surface area contributed by atoms with E-state index in [-0.39, 0.29) is 34.8 Å². The average molecular weight is 491 g/mol. The fourth-order valence-electron chi connectivity index (χ4n) is 4.91. The Labute approximate surface area is 216 Å². The van der Waals surface area contributed by atoms with Crippen LogP contribution >= 0.6 is 0 Å². The molecule has 1 heterocycles. The lowest BCUT2D eigenvalue weighted by Crippen LogP contribution is -2.31. The van der Waals surface area contributed by atoms with Crippen LogP contribution in [-0.2, 0) is 10.8 Å². The lowest BCUT2D eigenvalue weighted by Gasteiger charge is -2.28. The van der Waals surface area contributed by atoms with Gasteiger partial charge in [-0.25, -0.2) is 0 Å². The van der Waals surface area contributed by atoms with Crippen LogP contribution in [0.25, 0.3) is 6.08 Å². The van der Waals surface area contributed by atoms with Gasteiger partial charge in [0.05, 0.1) is 13.7 Å². The number of para-hydroxylation sites is 1. The Morgan fingerprint density at radius 1 is 1.11 bits per heavy atom. The molecule has 0 aromatic heterocycles. The van der Waals surface area contributed by atoms with Gasteiger partial charge < -0.3 is 14.7 Å². The van der Waals surface area contributed by atoms with Crippen LogP contribution in [0.5, 0.6) is 11.5 Å². The van der Waals surface area contributed by atoms with E-state index in [1.54, 1.807) is 7.11 Å². The van der Waals surface area contributed by atoms with E-state index < -0.39 is 0 Å². The number of carbonyl (C=O) groups excluding carboxylic acids is 1. The number of hydrogen-bond donors (Lipinski definition) is 2. The minimum atomic E-state index is -0.308. The van der Waals surface area contributed by atoms with Crippen molar-refractivity contribution in [1.82, 2.24) is 4.90 Å². The smallest absolute Gasteiger partial charge is 0.182 e. The van der Waals surface area contributed by atoms with Crippen LogP contribution in [0.3, 0.4) is 0 Å². The molecule has 0 saturated carbocycles. The number of methoxy groups -OCH3 is 1. The van der Waals surface area contributed by atoms with Crippen LogP contribution in [0.1, 0.15) is 88.4 Å². The molecule has 194 valence electrons. The summed E-state index contributed by atoms with van der Waals surface area (Å²) < 4.78 is 5.52. The van der Waals surface area contributed by atoms with E-state index in [0.717, 1.165) is 40.9 Å². The van der Waals surface area contributed by atoms with Crippen LogP contribution in [0.4, 0.5) is 0 Å². The van der Waals surface area contributed by atoms with Crippen LogP contribution in [0, 0.1) is 11.3 Å². The van der Waals surface area contributed by atoms with Gasteiger partial charge in [0.1, 0.15) is 17.3 Å². The molecule has 1 atom stereocenters. The highest BCUT2D eigenvalue weighted by molar-refractivity contribution is 6.06. The third-order valence-electron chi connectivity index (χ3n) is 6.94. The summed E-state index contributed by atoms with van der Waals surface area (Å²) in [5.41, 5.74) is 3.41. The maximum atomic E-state index is 13.6. The number of ether oxygens (including phenoxy) is 1. The Morgan fingerprint density at radius 2 is 1.69 bits per heavy atom. The number of hydrogen-bond acceptors (Lipinski definition) is 4. The van der Waals surface area contributed by atoms with Gasteiger partial charge in [0.15, 0.2) is 5.78 Å². The number of Topliss-reactive ketones (excluding diaryl/α,β-unsaturated/α-hetero) is 1. The fraction of sp³-hybridized carbons (Fsp3) is 0.484. The normalized spacial score (nSPS) is 17.7. The van der Waals surface area contributed by atoms with Crippen molar-refractivity contribution in [3.8, 4) is 11.5 Å². The lowest BCUT2D eigenvalue weighted by molar-refractivity contribution is 0.0963.